The van der Waals surface area contributed by atoms with Crippen LogP contribution < -0.4 is 5.32 Å². The van der Waals surface area contributed by atoms with Gasteiger partial charge in [0.1, 0.15) is 0 Å². The standard InChI is InChI=1S/C14H24N2O2S2/c1-3-16(12-7-5-4-6-8-12)20(17,18)14-9-10-19-13(14)11-15-2/h9-10,12,15H,3-8,11H2,1-2H3. The Balaban J connectivity index is 2.28. The third kappa shape index (κ3) is 3.24. The van der Waals surface area contributed by atoms with Gasteiger partial charge in [0.25, 0.3) is 0 Å². The average molecular weight is 316 g/mol. The van der Waals surface area contributed by atoms with E-state index in [0.29, 0.717) is 18.0 Å². The predicted molar refractivity (Wildman–Crippen MR) is 83.5 cm³/mol. The van der Waals surface area contributed by atoms with Gasteiger partial charge in [0.05, 0.1) is 4.90 Å². The van der Waals surface area contributed by atoms with Crippen molar-refractivity contribution in [2.24, 2.45) is 0 Å². The Morgan fingerprint density at radius 3 is 2.65 bits per heavy atom. The molecule has 114 valence electrons. The molecular weight excluding hydrogens is 292 g/mol. The first-order valence-electron chi connectivity index (χ1n) is 7.34. The van der Waals surface area contributed by atoms with Crippen molar-refractivity contribution in [1.82, 2.24) is 9.62 Å². The van der Waals surface area contributed by atoms with Gasteiger partial charge in [0.15, 0.2) is 0 Å². The Morgan fingerprint density at radius 2 is 2.05 bits per heavy atom. The van der Waals surface area contributed by atoms with Crippen LogP contribution in [0.5, 0.6) is 0 Å². The van der Waals surface area contributed by atoms with Gasteiger partial charge >= 0.3 is 0 Å². The summed E-state index contributed by atoms with van der Waals surface area (Å²) < 4.78 is 27.6. The maximum absolute atomic E-state index is 12.9. The van der Waals surface area contributed by atoms with Crippen LogP contribution in [0.3, 0.4) is 0 Å². The van der Waals surface area contributed by atoms with Gasteiger partial charge in [-0.25, -0.2) is 8.42 Å². The molecule has 0 atom stereocenters. The van der Waals surface area contributed by atoms with Crippen LogP contribution in [0.2, 0.25) is 0 Å². The molecule has 0 amide bonds. The Labute approximate surface area is 126 Å². The Hall–Kier alpha value is -0.430. The first-order chi connectivity index (χ1) is 9.61. The second-order valence-electron chi connectivity index (χ2n) is 5.24. The zero-order valence-corrected chi connectivity index (χ0v) is 13.9. The summed E-state index contributed by atoms with van der Waals surface area (Å²) in [6.07, 6.45) is 5.52. The minimum atomic E-state index is -3.36. The second-order valence-corrected chi connectivity index (χ2v) is 8.10. The molecule has 1 heterocycles. The van der Waals surface area contributed by atoms with Crippen molar-refractivity contribution in [3.05, 3.63) is 16.3 Å². The lowest BCUT2D eigenvalue weighted by atomic mass is 9.95. The summed E-state index contributed by atoms with van der Waals surface area (Å²) in [6.45, 7) is 3.10. The maximum Gasteiger partial charge on any atom is 0.244 e. The zero-order chi connectivity index (χ0) is 14.6. The smallest absolute Gasteiger partial charge is 0.244 e. The Kier molecular flexibility index (Phi) is 5.60. The number of nitrogens with one attached hydrogen (secondary N) is 1. The van der Waals surface area contributed by atoms with E-state index in [1.54, 1.807) is 10.4 Å². The number of sulfonamides is 1. The minimum absolute atomic E-state index is 0.182. The van der Waals surface area contributed by atoms with Crippen molar-refractivity contribution in [3.8, 4) is 0 Å². The van der Waals surface area contributed by atoms with E-state index in [0.717, 1.165) is 30.6 Å². The highest BCUT2D eigenvalue weighted by molar-refractivity contribution is 7.89. The van der Waals surface area contributed by atoms with Crippen molar-refractivity contribution in [2.75, 3.05) is 13.6 Å². The van der Waals surface area contributed by atoms with Crippen LogP contribution in [0.4, 0.5) is 0 Å². The molecule has 0 aromatic carbocycles. The van der Waals surface area contributed by atoms with Gasteiger partial charge < -0.3 is 5.32 Å². The summed E-state index contributed by atoms with van der Waals surface area (Å²) in [5, 5.41) is 4.92. The highest BCUT2D eigenvalue weighted by Gasteiger charge is 2.32. The van der Waals surface area contributed by atoms with Crippen molar-refractivity contribution >= 4 is 21.4 Å². The first kappa shape index (κ1) is 15.9. The van der Waals surface area contributed by atoms with Crippen molar-refractivity contribution in [1.29, 1.82) is 0 Å². The van der Waals surface area contributed by atoms with E-state index in [-0.39, 0.29) is 6.04 Å². The predicted octanol–water partition coefficient (Wildman–Crippen LogP) is 2.81. The van der Waals surface area contributed by atoms with Crippen LogP contribution in [0.1, 0.15) is 43.9 Å². The summed E-state index contributed by atoms with van der Waals surface area (Å²) in [5.41, 5.74) is 0. The van der Waals surface area contributed by atoms with Gasteiger partial charge in [-0.1, -0.05) is 26.2 Å². The number of rotatable bonds is 6. The largest absolute Gasteiger partial charge is 0.315 e. The molecule has 0 spiro atoms. The molecule has 1 aliphatic carbocycles. The lowest BCUT2D eigenvalue weighted by Crippen LogP contribution is -2.41. The van der Waals surface area contributed by atoms with Gasteiger partial charge in [-0.05, 0) is 31.3 Å². The molecule has 1 fully saturated rings. The van der Waals surface area contributed by atoms with Crippen molar-refractivity contribution in [2.45, 2.75) is 56.5 Å². The van der Waals surface area contributed by atoms with E-state index in [1.807, 2.05) is 19.4 Å². The normalized spacial score (nSPS) is 17.8. The Bertz CT molecular complexity index is 519. The van der Waals surface area contributed by atoms with E-state index >= 15 is 0 Å². The monoisotopic (exact) mass is 316 g/mol. The molecule has 1 aliphatic rings. The fourth-order valence-electron chi connectivity index (χ4n) is 2.97. The number of hydrogen-bond donors (Lipinski definition) is 1. The molecule has 6 heteroatoms. The summed E-state index contributed by atoms with van der Waals surface area (Å²) in [4.78, 5) is 1.39. The fourth-order valence-corrected chi connectivity index (χ4v) is 6.09. The summed E-state index contributed by atoms with van der Waals surface area (Å²) in [6, 6.07) is 1.93. The van der Waals surface area contributed by atoms with Crippen LogP contribution in [0.25, 0.3) is 0 Å². The summed E-state index contributed by atoms with van der Waals surface area (Å²) in [7, 11) is -1.51. The molecule has 1 aromatic rings. The molecule has 0 aliphatic heterocycles. The quantitative estimate of drug-likeness (QED) is 0.878. The molecular formula is C14H24N2O2S2. The second kappa shape index (κ2) is 7.02. The molecule has 1 saturated carbocycles. The average Bonchev–Trinajstić information content (AvgIpc) is 2.90. The maximum atomic E-state index is 12.9. The van der Waals surface area contributed by atoms with Gasteiger partial charge in [0.2, 0.25) is 10.0 Å². The van der Waals surface area contributed by atoms with E-state index in [1.165, 1.54) is 17.8 Å². The minimum Gasteiger partial charge on any atom is -0.315 e. The van der Waals surface area contributed by atoms with Gasteiger partial charge in [0, 0.05) is 24.0 Å². The van der Waals surface area contributed by atoms with E-state index in [9.17, 15) is 8.42 Å². The van der Waals surface area contributed by atoms with Crippen LogP contribution in [0, 0.1) is 0 Å². The molecule has 0 radical (unpaired) electrons. The molecule has 20 heavy (non-hydrogen) atoms. The molecule has 0 saturated heterocycles. The van der Waals surface area contributed by atoms with E-state index in [2.05, 4.69) is 5.32 Å². The first-order valence-corrected chi connectivity index (χ1v) is 9.66. The van der Waals surface area contributed by atoms with E-state index in [4.69, 9.17) is 0 Å². The van der Waals surface area contributed by atoms with E-state index < -0.39 is 10.0 Å². The van der Waals surface area contributed by atoms with Gasteiger partial charge in [-0.3, -0.25) is 0 Å². The molecule has 2 rings (SSSR count). The van der Waals surface area contributed by atoms with Crippen LogP contribution in [-0.4, -0.2) is 32.4 Å². The molecule has 4 nitrogen and oxygen atoms in total. The molecule has 0 bridgehead atoms. The fraction of sp³-hybridized carbons (Fsp3) is 0.714. The highest BCUT2D eigenvalue weighted by atomic mass is 32.2. The number of nitrogens with zero attached hydrogens (tertiary/aromatic N) is 1. The highest BCUT2D eigenvalue weighted by Crippen LogP contribution is 2.30. The Morgan fingerprint density at radius 1 is 1.35 bits per heavy atom. The van der Waals surface area contributed by atoms with Crippen molar-refractivity contribution < 1.29 is 8.42 Å². The van der Waals surface area contributed by atoms with Crippen LogP contribution in [0.15, 0.2) is 16.3 Å². The van der Waals surface area contributed by atoms with Crippen LogP contribution in [-0.2, 0) is 16.6 Å². The SMILES string of the molecule is CCN(C1CCCCC1)S(=O)(=O)c1ccsc1CNC. The number of thiophene rings is 1. The van der Waals surface area contributed by atoms with Gasteiger partial charge in [-0.15, -0.1) is 11.3 Å². The third-order valence-corrected chi connectivity index (χ3v) is 7.08. The van der Waals surface area contributed by atoms with Crippen LogP contribution >= 0.6 is 11.3 Å². The summed E-state index contributed by atoms with van der Waals surface area (Å²) >= 11 is 1.51. The zero-order valence-electron chi connectivity index (χ0n) is 12.3. The van der Waals surface area contributed by atoms with Crippen molar-refractivity contribution in [3.63, 3.8) is 0 Å². The third-order valence-electron chi connectivity index (χ3n) is 3.92. The molecule has 1 N–H and O–H groups in total. The lowest BCUT2D eigenvalue weighted by molar-refractivity contribution is 0.261. The topological polar surface area (TPSA) is 49.4 Å². The lowest BCUT2D eigenvalue weighted by Gasteiger charge is -2.32. The number of hydrogen-bond acceptors (Lipinski definition) is 4. The molecule has 0 unspecified atom stereocenters. The molecule has 1 aromatic heterocycles. The summed E-state index contributed by atoms with van der Waals surface area (Å²) in [5.74, 6) is 0. The van der Waals surface area contributed by atoms with Gasteiger partial charge in [-0.2, -0.15) is 4.31 Å².